The predicted molar refractivity (Wildman–Crippen MR) is 108 cm³/mol. The minimum atomic E-state index is -0.151. The van der Waals surface area contributed by atoms with Crippen molar-refractivity contribution in [1.29, 1.82) is 0 Å². The van der Waals surface area contributed by atoms with Crippen molar-refractivity contribution < 1.29 is 9.59 Å². The van der Waals surface area contributed by atoms with E-state index in [0.29, 0.717) is 29.2 Å². The van der Waals surface area contributed by atoms with Crippen LogP contribution in [0.3, 0.4) is 0 Å². The minimum Gasteiger partial charge on any atom is -0.348 e. The molecule has 1 aliphatic heterocycles. The molecule has 3 heterocycles. The fourth-order valence-electron chi connectivity index (χ4n) is 3.07. The number of carbonyl (C=O) groups excluding carboxylic acids is 2. The quantitative estimate of drug-likeness (QED) is 0.738. The molecule has 6 nitrogen and oxygen atoms in total. The van der Waals surface area contributed by atoms with E-state index in [9.17, 15) is 9.59 Å². The topological polar surface area (TPSA) is 75.2 Å². The lowest BCUT2D eigenvalue weighted by molar-refractivity contribution is 0.0949. The molecule has 1 aromatic carbocycles. The zero-order chi connectivity index (χ0) is 19.5. The molecule has 0 unspecified atom stereocenters. The zero-order valence-corrected chi connectivity index (χ0v) is 16.1. The summed E-state index contributed by atoms with van der Waals surface area (Å²) in [5.41, 5.74) is 2.99. The molecule has 0 saturated heterocycles. The first kappa shape index (κ1) is 18.2. The Hall–Kier alpha value is -3.19. The lowest BCUT2D eigenvalue weighted by Crippen LogP contribution is -2.30. The molecule has 0 fully saturated rings. The van der Waals surface area contributed by atoms with Gasteiger partial charge in [-0.3, -0.25) is 14.6 Å². The molecule has 1 N–H and O–H groups in total. The summed E-state index contributed by atoms with van der Waals surface area (Å²) >= 11 is 1.48. The number of pyridine rings is 2. The fraction of sp³-hybridized carbons (Fsp3) is 0.143. The van der Waals surface area contributed by atoms with Crippen LogP contribution in [0.25, 0.3) is 0 Å². The summed E-state index contributed by atoms with van der Waals surface area (Å²) in [5.74, 6) is -0.196. The van der Waals surface area contributed by atoms with Gasteiger partial charge in [0.05, 0.1) is 11.3 Å². The van der Waals surface area contributed by atoms with Crippen LogP contribution in [-0.4, -0.2) is 28.3 Å². The van der Waals surface area contributed by atoms with E-state index in [1.807, 2.05) is 31.2 Å². The summed E-state index contributed by atoms with van der Waals surface area (Å²) in [5, 5.41) is 3.62. The van der Waals surface area contributed by atoms with Crippen LogP contribution in [0.4, 0.5) is 5.69 Å². The smallest absolute Gasteiger partial charge is 0.261 e. The van der Waals surface area contributed by atoms with Crippen molar-refractivity contribution in [3.05, 3.63) is 77.7 Å². The Kier molecular flexibility index (Phi) is 5.08. The van der Waals surface area contributed by atoms with E-state index in [-0.39, 0.29) is 11.8 Å². The van der Waals surface area contributed by atoms with Crippen molar-refractivity contribution in [2.75, 3.05) is 11.4 Å². The predicted octanol–water partition coefficient (Wildman–Crippen LogP) is 3.54. The first-order valence-corrected chi connectivity index (χ1v) is 9.75. The second-order valence-corrected chi connectivity index (χ2v) is 7.26. The van der Waals surface area contributed by atoms with Crippen LogP contribution in [0.15, 0.2) is 71.0 Å². The van der Waals surface area contributed by atoms with E-state index in [4.69, 9.17) is 0 Å². The van der Waals surface area contributed by atoms with E-state index < -0.39 is 0 Å². The Labute approximate surface area is 167 Å². The molecule has 7 heteroatoms. The second kappa shape index (κ2) is 7.82. The third kappa shape index (κ3) is 3.48. The first-order chi connectivity index (χ1) is 13.7. The number of amides is 2. The third-order valence-electron chi connectivity index (χ3n) is 4.48. The van der Waals surface area contributed by atoms with Crippen LogP contribution in [0, 0.1) is 0 Å². The molecule has 0 saturated carbocycles. The highest BCUT2D eigenvalue weighted by atomic mass is 32.2. The third-order valence-corrected chi connectivity index (χ3v) is 5.55. The number of benzene rings is 1. The fourth-order valence-corrected chi connectivity index (χ4v) is 4.15. The number of fused-ring (bicyclic) bond motifs is 2. The minimum absolute atomic E-state index is 0.0458. The van der Waals surface area contributed by atoms with Crippen molar-refractivity contribution in [3.63, 3.8) is 0 Å². The summed E-state index contributed by atoms with van der Waals surface area (Å²) in [4.78, 5) is 36.2. The van der Waals surface area contributed by atoms with Crippen molar-refractivity contribution >= 4 is 29.3 Å². The van der Waals surface area contributed by atoms with Gasteiger partial charge in [0, 0.05) is 42.1 Å². The summed E-state index contributed by atoms with van der Waals surface area (Å²) < 4.78 is 0. The van der Waals surface area contributed by atoms with E-state index in [2.05, 4.69) is 15.3 Å². The largest absolute Gasteiger partial charge is 0.348 e. The monoisotopic (exact) mass is 390 g/mol. The van der Waals surface area contributed by atoms with Crippen LogP contribution in [0.1, 0.15) is 33.2 Å². The van der Waals surface area contributed by atoms with Gasteiger partial charge in [-0.15, -0.1) is 0 Å². The highest BCUT2D eigenvalue weighted by Crippen LogP contribution is 2.40. The molecule has 2 aromatic heterocycles. The average Bonchev–Trinajstić information content (AvgIpc) is 2.86. The molecule has 3 aromatic rings. The molecule has 0 atom stereocenters. The van der Waals surface area contributed by atoms with Gasteiger partial charge in [-0.2, -0.15) is 0 Å². The normalized spacial score (nSPS) is 12.8. The van der Waals surface area contributed by atoms with Crippen LogP contribution in [0.2, 0.25) is 0 Å². The van der Waals surface area contributed by atoms with Crippen molar-refractivity contribution in [2.24, 2.45) is 0 Å². The van der Waals surface area contributed by atoms with E-state index in [1.165, 1.54) is 11.8 Å². The van der Waals surface area contributed by atoms with Crippen molar-refractivity contribution in [2.45, 2.75) is 23.4 Å². The van der Waals surface area contributed by atoms with E-state index >= 15 is 0 Å². The molecule has 0 radical (unpaired) electrons. The Balaban J connectivity index is 1.60. The number of hydrogen-bond acceptors (Lipinski definition) is 5. The van der Waals surface area contributed by atoms with Gasteiger partial charge in [-0.05, 0) is 48.9 Å². The Morgan fingerprint density at radius 2 is 1.96 bits per heavy atom. The molecule has 4 rings (SSSR count). The Morgan fingerprint density at radius 3 is 2.75 bits per heavy atom. The zero-order valence-electron chi connectivity index (χ0n) is 15.3. The standard InChI is InChI=1S/C21H18N4O2S/c1-2-25-17-6-5-14(13-24-19(26)15-7-10-22-11-8-15)12-18(17)28-20-16(21(25)27)4-3-9-23-20/h3-12H,2,13H2,1H3,(H,24,26). The molecular formula is C21H18N4O2S. The molecule has 0 spiro atoms. The number of rotatable bonds is 4. The maximum absolute atomic E-state index is 12.9. The van der Waals surface area contributed by atoms with Gasteiger partial charge in [0.25, 0.3) is 11.8 Å². The molecule has 1 aliphatic rings. The first-order valence-electron chi connectivity index (χ1n) is 8.93. The maximum Gasteiger partial charge on any atom is 0.261 e. The van der Waals surface area contributed by atoms with Crippen LogP contribution < -0.4 is 10.2 Å². The number of carbonyl (C=O) groups is 2. The molecule has 0 aliphatic carbocycles. The van der Waals surface area contributed by atoms with Crippen molar-refractivity contribution in [3.8, 4) is 0 Å². The molecule has 2 amide bonds. The van der Waals surface area contributed by atoms with Crippen LogP contribution in [-0.2, 0) is 6.54 Å². The Bertz CT molecular complexity index is 1040. The van der Waals surface area contributed by atoms with Gasteiger partial charge in [0.2, 0.25) is 0 Å². The molecule has 28 heavy (non-hydrogen) atoms. The maximum atomic E-state index is 12.9. The summed E-state index contributed by atoms with van der Waals surface area (Å²) in [6.07, 6.45) is 4.88. The van der Waals surface area contributed by atoms with Gasteiger partial charge < -0.3 is 10.2 Å². The highest BCUT2D eigenvalue weighted by Gasteiger charge is 2.27. The van der Waals surface area contributed by atoms with E-state index in [0.717, 1.165) is 16.1 Å². The van der Waals surface area contributed by atoms with Gasteiger partial charge >= 0.3 is 0 Å². The van der Waals surface area contributed by atoms with Gasteiger partial charge in [0.1, 0.15) is 5.03 Å². The SMILES string of the molecule is CCN1C(=O)c2cccnc2Sc2cc(CNC(=O)c3ccncc3)ccc21. The number of nitrogens with one attached hydrogen (secondary N) is 1. The average molecular weight is 390 g/mol. The lowest BCUT2D eigenvalue weighted by atomic mass is 10.1. The number of aromatic nitrogens is 2. The van der Waals surface area contributed by atoms with Gasteiger partial charge in [-0.1, -0.05) is 17.8 Å². The second-order valence-electron chi connectivity index (χ2n) is 6.23. The number of nitrogens with zero attached hydrogens (tertiary/aromatic N) is 3. The molecule has 140 valence electrons. The highest BCUT2D eigenvalue weighted by molar-refractivity contribution is 7.99. The van der Waals surface area contributed by atoms with Crippen LogP contribution >= 0.6 is 11.8 Å². The van der Waals surface area contributed by atoms with E-state index in [1.54, 1.807) is 41.7 Å². The molecular weight excluding hydrogens is 372 g/mol. The van der Waals surface area contributed by atoms with Gasteiger partial charge in [-0.25, -0.2) is 4.98 Å². The summed E-state index contributed by atoms with van der Waals surface area (Å²) in [6, 6.07) is 12.8. The van der Waals surface area contributed by atoms with Crippen molar-refractivity contribution in [1.82, 2.24) is 15.3 Å². The Morgan fingerprint density at radius 1 is 1.14 bits per heavy atom. The van der Waals surface area contributed by atoms with Gasteiger partial charge in [0.15, 0.2) is 0 Å². The summed E-state index contributed by atoms with van der Waals surface area (Å²) in [7, 11) is 0. The lowest BCUT2D eigenvalue weighted by Gasteiger charge is -2.21. The molecule has 0 bridgehead atoms. The van der Waals surface area contributed by atoms with Crippen LogP contribution in [0.5, 0.6) is 0 Å². The number of anilines is 1. The number of hydrogen-bond donors (Lipinski definition) is 1. The summed E-state index contributed by atoms with van der Waals surface area (Å²) in [6.45, 7) is 2.92.